The Morgan fingerprint density at radius 2 is 2.05 bits per heavy atom. The smallest absolute Gasteiger partial charge is 0.419 e. The van der Waals surface area contributed by atoms with Gasteiger partial charge in [0.15, 0.2) is 6.10 Å². The van der Waals surface area contributed by atoms with Crippen LogP contribution in [0.5, 0.6) is 5.75 Å². The molecule has 0 aliphatic heterocycles. The molecule has 1 aromatic rings. The number of alkyl halides is 3. The molecule has 2 atom stereocenters. The van der Waals surface area contributed by atoms with Gasteiger partial charge in [-0.3, -0.25) is 4.79 Å². The van der Waals surface area contributed by atoms with Crippen LogP contribution < -0.4 is 10.1 Å². The highest BCUT2D eigenvalue weighted by atomic mass is 19.4. The van der Waals surface area contributed by atoms with Crippen molar-refractivity contribution >= 4 is 5.91 Å². The molecule has 0 heterocycles. The number of halogens is 3. The van der Waals surface area contributed by atoms with Gasteiger partial charge in [0.1, 0.15) is 11.8 Å². The summed E-state index contributed by atoms with van der Waals surface area (Å²) in [6.07, 6.45) is -5.31. The van der Waals surface area contributed by atoms with Gasteiger partial charge in [0.05, 0.1) is 11.6 Å². The van der Waals surface area contributed by atoms with Crippen molar-refractivity contribution < 1.29 is 22.7 Å². The van der Waals surface area contributed by atoms with E-state index in [1.54, 1.807) is 6.92 Å². The Bertz CT molecular complexity index is 538. The predicted octanol–water partition coefficient (Wildman–Crippen LogP) is 2.89. The third-order valence-corrected chi connectivity index (χ3v) is 2.75. The first-order valence-corrected chi connectivity index (χ1v) is 6.32. The Hall–Kier alpha value is -2.23. The van der Waals surface area contributed by atoms with Crippen LogP contribution in [0.25, 0.3) is 0 Å². The molecule has 0 aliphatic rings. The van der Waals surface area contributed by atoms with Gasteiger partial charge in [-0.1, -0.05) is 19.1 Å². The Labute approximate surface area is 120 Å². The molecule has 7 heteroatoms. The van der Waals surface area contributed by atoms with Crippen molar-refractivity contribution in [3.05, 3.63) is 29.8 Å². The van der Waals surface area contributed by atoms with E-state index in [2.05, 4.69) is 5.32 Å². The lowest BCUT2D eigenvalue weighted by atomic mass is 10.2. The first-order chi connectivity index (χ1) is 9.79. The number of carbonyl (C=O) groups is 1. The van der Waals surface area contributed by atoms with Crippen molar-refractivity contribution in [2.75, 3.05) is 0 Å². The maximum absolute atomic E-state index is 12.8. The molecule has 0 aromatic heterocycles. The second kappa shape index (κ2) is 6.97. The van der Waals surface area contributed by atoms with Crippen LogP contribution >= 0.6 is 0 Å². The summed E-state index contributed by atoms with van der Waals surface area (Å²) in [5.41, 5.74) is -0.947. The Balaban J connectivity index is 2.83. The van der Waals surface area contributed by atoms with Gasteiger partial charge < -0.3 is 10.1 Å². The molecule has 0 radical (unpaired) electrons. The highest BCUT2D eigenvalue weighted by molar-refractivity contribution is 5.81. The fraction of sp³-hybridized carbons (Fsp3) is 0.429. The lowest BCUT2D eigenvalue weighted by Crippen LogP contribution is -2.41. The minimum atomic E-state index is -4.56. The molecule has 114 valence electrons. The summed E-state index contributed by atoms with van der Waals surface area (Å²) >= 11 is 0. The van der Waals surface area contributed by atoms with Crippen LogP contribution in [-0.4, -0.2) is 18.1 Å². The van der Waals surface area contributed by atoms with Gasteiger partial charge in [-0.2, -0.15) is 18.4 Å². The summed E-state index contributed by atoms with van der Waals surface area (Å²) in [5, 5.41) is 11.1. The molecule has 0 bridgehead atoms. The summed E-state index contributed by atoms with van der Waals surface area (Å²) in [7, 11) is 0. The lowest BCUT2D eigenvalue weighted by Gasteiger charge is -2.19. The van der Waals surface area contributed by atoms with Gasteiger partial charge in [-0.15, -0.1) is 0 Å². The van der Waals surface area contributed by atoms with E-state index in [0.717, 1.165) is 12.1 Å². The third kappa shape index (κ3) is 4.67. The number of nitrogens with zero attached hydrogens (tertiary/aromatic N) is 1. The zero-order chi connectivity index (χ0) is 16.0. The van der Waals surface area contributed by atoms with Crippen LogP contribution in [0, 0.1) is 11.3 Å². The van der Waals surface area contributed by atoms with E-state index in [9.17, 15) is 18.0 Å². The van der Waals surface area contributed by atoms with E-state index in [1.165, 1.54) is 19.1 Å². The number of nitrogens with one attached hydrogen (secondary N) is 1. The molecule has 0 fully saturated rings. The maximum Gasteiger partial charge on any atom is 0.419 e. The number of rotatable bonds is 5. The van der Waals surface area contributed by atoms with Crippen LogP contribution in [0.2, 0.25) is 0 Å². The quantitative estimate of drug-likeness (QED) is 0.909. The molecule has 0 saturated carbocycles. The van der Waals surface area contributed by atoms with Gasteiger partial charge in [0.2, 0.25) is 0 Å². The molecular weight excluding hydrogens is 285 g/mol. The number of benzene rings is 1. The van der Waals surface area contributed by atoms with Gasteiger partial charge in [-0.05, 0) is 25.5 Å². The molecule has 0 aliphatic carbocycles. The minimum absolute atomic E-state index is 0.397. The van der Waals surface area contributed by atoms with E-state index in [1.807, 2.05) is 6.07 Å². The number of para-hydroxylation sites is 1. The van der Waals surface area contributed by atoms with Crippen molar-refractivity contribution in [2.45, 2.75) is 38.6 Å². The van der Waals surface area contributed by atoms with Crippen LogP contribution in [0.1, 0.15) is 25.8 Å². The monoisotopic (exact) mass is 300 g/mol. The molecule has 0 unspecified atom stereocenters. The van der Waals surface area contributed by atoms with Crippen LogP contribution in [0.3, 0.4) is 0 Å². The molecule has 1 N–H and O–H groups in total. The Kier molecular flexibility index (Phi) is 5.59. The van der Waals surface area contributed by atoms with Crippen molar-refractivity contribution in [1.29, 1.82) is 5.26 Å². The second-order valence-corrected chi connectivity index (χ2v) is 4.35. The highest BCUT2D eigenvalue weighted by Crippen LogP contribution is 2.36. The van der Waals surface area contributed by atoms with Crippen molar-refractivity contribution in [3.63, 3.8) is 0 Å². The number of nitriles is 1. The minimum Gasteiger partial charge on any atom is -0.480 e. The lowest BCUT2D eigenvalue weighted by molar-refractivity contribution is -0.140. The Morgan fingerprint density at radius 3 is 2.57 bits per heavy atom. The number of hydrogen-bond acceptors (Lipinski definition) is 3. The highest BCUT2D eigenvalue weighted by Gasteiger charge is 2.34. The maximum atomic E-state index is 12.8. The molecular formula is C14H15F3N2O2. The summed E-state index contributed by atoms with van der Waals surface area (Å²) in [4.78, 5) is 11.8. The van der Waals surface area contributed by atoms with Crippen LogP contribution in [0.4, 0.5) is 13.2 Å². The van der Waals surface area contributed by atoms with E-state index >= 15 is 0 Å². The normalized spacial score (nSPS) is 13.9. The van der Waals surface area contributed by atoms with Gasteiger partial charge in [0, 0.05) is 0 Å². The summed E-state index contributed by atoms with van der Waals surface area (Å²) < 4.78 is 43.5. The first-order valence-electron chi connectivity index (χ1n) is 6.32. The van der Waals surface area contributed by atoms with Crippen molar-refractivity contribution in [1.82, 2.24) is 5.32 Å². The van der Waals surface area contributed by atoms with Crippen LogP contribution in [-0.2, 0) is 11.0 Å². The van der Waals surface area contributed by atoms with E-state index < -0.39 is 35.5 Å². The van der Waals surface area contributed by atoms with Crippen molar-refractivity contribution in [2.24, 2.45) is 0 Å². The number of hydrogen-bond donors (Lipinski definition) is 1. The molecule has 4 nitrogen and oxygen atoms in total. The topological polar surface area (TPSA) is 62.1 Å². The third-order valence-electron chi connectivity index (χ3n) is 2.75. The molecule has 0 spiro atoms. The molecule has 1 amide bonds. The standard InChI is InChI=1S/C14H15F3N2O2/c1-3-10(8-18)19-13(20)9(2)21-12-7-5-4-6-11(12)14(15,16)17/h4-7,9-10H,3H2,1-2H3,(H,19,20)/t9-,10-/m1/s1. The van der Waals surface area contributed by atoms with Crippen molar-refractivity contribution in [3.8, 4) is 11.8 Å². The number of carbonyl (C=O) groups excluding carboxylic acids is 1. The van der Waals surface area contributed by atoms with E-state index in [-0.39, 0.29) is 0 Å². The largest absolute Gasteiger partial charge is 0.480 e. The van der Waals surface area contributed by atoms with E-state index in [4.69, 9.17) is 10.00 Å². The van der Waals surface area contributed by atoms with Gasteiger partial charge in [0.25, 0.3) is 5.91 Å². The first kappa shape index (κ1) is 16.8. The predicted molar refractivity (Wildman–Crippen MR) is 69.4 cm³/mol. The molecule has 21 heavy (non-hydrogen) atoms. The fourth-order valence-corrected chi connectivity index (χ4v) is 1.56. The fourth-order valence-electron chi connectivity index (χ4n) is 1.56. The SMILES string of the molecule is CC[C@H](C#N)NC(=O)[C@@H](C)Oc1ccccc1C(F)(F)F. The number of ether oxygens (including phenoxy) is 1. The summed E-state index contributed by atoms with van der Waals surface area (Å²) in [5.74, 6) is -1.06. The summed E-state index contributed by atoms with van der Waals surface area (Å²) in [6.45, 7) is 3.03. The Morgan fingerprint density at radius 1 is 1.43 bits per heavy atom. The van der Waals surface area contributed by atoms with Gasteiger partial charge in [-0.25, -0.2) is 0 Å². The zero-order valence-corrected chi connectivity index (χ0v) is 11.6. The zero-order valence-electron chi connectivity index (χ0n) is 11.6. The average Bonchev–Trinajstić information content (AvgIpc) is 2.43. The molecule has 1 rings (SSSR count). The number of amides is 1. The second-order valence-electron chi connectivity index (χ2n) is 4.35. The molecule has 1 aromatic carbocycles. The summed E-state index contributed by atoms with van der Waals surface area (Å²) in [6, 6.07) is 5.83. The van der Waals surface area contributed by atoms with Gasteiger partial charge >= 0.3 is 6.18 Å². The van der Waals surface area contributed by atoms with E-state index in [0.29, 0.717) is 6.42 Å². The van der Waals surface area contributed by atoms with Crippen LogP contribution in [0.15, 0.2) is 24.3 Å². The molecule has 0 saturated heterocycles. The average molecular weight is 300 g/mol.